The number of rotatable bonds is 7. The summed E-state index contributed by atoms with van der Waals surface area (Å²) >= 11 is 1.69. The molecule has 0 saturated heterocycles. The Labute approximate surface area is 131 Å². The lowest BCUT2D eigenvalue weighted by atomic mass is 9.67. The van der Waals surface area contributed by atoms with Crippen molar-refractivity contribution in [2.45, 2.75) is 30.6 Å². The van der Waals surface area contributed by atoms with E-state index in [-0.39, 0.29) is 11.4 Å². The molecule has 2 amide bonds. The molecule has 1 aromatic rings. The lowest BCUT2D eigenvalue weighted by Crippen LogP contribution is -2.44. The second-order valence-corrected chi connectivity index (χ2v) is 6.51. The van der Waals surface area contributed by atoms with Crippen molar-refractivity contribution in [1.29, 1.82) is 0 Å². The van der Waals surface area contributed by atoms with Gasteiger partial charge in [0, 0.05) is 30.8 Å². The van der Waals surface area contributed by atoms with Gasteiger partial charge in [-0.2, -0.15) is 0 Å². The van der Waals surface area contributed by atoms with E-state index < -0.39 is 0 Å². The molecule has 5 heteroatoms. The van der Waals surface area contributed by atoms with Crippen LogP contribution in [-0.4, -0.2) is 32.5 Å². The lowest BCUT2D eigenvalue weighted by Gasteiger charge is -2.42. The second-order valence-electron chi connectivity index (χ2n) is 5.63. The minimum absolute atomic E-state index is 0.129. The van der Waals surface area contributed by atoms with Gasteiger partial charge in [0.1, 0.15) is 0 Å². The first-order chi connectivity index (χ1) is 10.2. The third-order valence-electron chi connectivity index (χ3n) is 4.22. The summed E-state index contributed by atoms with van der Waals surface area (Å²) in [5.41, 5.74) is 1.07. The number of nitrogens with one attached hydrogen (secondary N) is 2. The van der Waals surface area contributed by atoms with Gasteiger partial charge in [0.05, 0.1) is 0 Å². The first kappa shape index (κ1) is 16.2. The van der Waals surface area contributed by atoms with Crippen LogP contribution in [0.1, 0.15) is 25.7 Å². The Balaban J connectivity index is 1.78. The highest BCUT2D eigenvalue weighted by Crippen LogP contribution is 2.43. The monoisotopic (exact) mass is 308 g/mol. The minimum Gasteiger partial charge on any atom is -0.385 e. The van der Waals surface area contributed by atoms with Gasteiger partial charge >= 0.3 is 6.03 Å². The van der Waals surface area contributed by atoms with Crippen LogP contribution in [0, 0.1) is 5.41 Å². The molecule has 0 spiro atoms. The maximum Gasteiger partial charge on any atom is 0.319 e. The third kappa shape index (κ3) is 4.64. The summed E-state index contributed by atoms with van der Waals surface area (Å²) in [4.78, 5) is 13.2. The normalized spacial score (nSPS) is 16.1. The molecule has 2 N–H and O–H groups in total. The number of hydrogen-bond acceptors (Lipinski definition) is 3. The zero-order valence-electron chi connectivity index (χ0n) is 12.8. The summed E-state index contributed by atoms with van der Waals surface area (Å²) in [6.07, 6.45) is 6.67. The molecule has 4 nitrogen and oxygen atoms in total. The number of carbonyl (C=O) groups is 1. The fourth-order valence-electron chi connectivity index (χ4n) is 2.63. The van der Waals surface area contributed by atoms with E-state index in [9.17, 15) is 4.79 Å². The van der Waals surface area contributed by atoms with Crippen molar-refractivity contribution in [1.82, 2.24) is 5.32 Å². The first-order valence-corrected chi connectivity index (χ1v) is 8.58. The molecule has 0 bridgehead atoms. The Morgan fingerprint density at radius 1 is 1.33 bits per heavy atom. The quantitative estimate of drug-likeness (QED) is 0.755. The van der Waals surface area contributed by atoms with Gasteiger partial charge in [-0.25, -0.2) is 4.79 Å². The average molecular weight is 308 g/mol. The average Bonchev–Trinajstić information content (AvgIpc) is 2.46. The van der Waals surface area contributed by atoms with Crippen LogP contribution >= 0.6 is 11.8 Å². The van der Waals surface area contributed by atoms with E-state index in [0.29, 0.717) is 0 Å². The molecule has 0 aromatic heterocycles. The molecular weight excluding hydrogens is 284 g/mol. The number of anilines is 1. The Morgan fingerprint density at radius 2 is 2.05 bits per heavy atom. The standard InChI is InChI=1S/C16H24N2O2S/c1-20-11-10-16(8-3-9-16)12-17-15(19)18-13-4-6-14(21-2)7-5-13/h4-7H,3,8-12H2,1-2H3,(H2,17,18,19). The SMILES string of the molecule is COCCC1(CNC(=O)Nc2ccc(SC)cc2)CCC1. The summed E-state index contributed by atoms with van der Waals surface area (Å²) in [5, 5.41) is 5.88. The fourth-order valence-corrected chi connectivity index (χ4v) is 3.04. The van der Waals surface area contributed by atoms with Gasteiger partial charge in [-0.1, -0.05) is 6.42 Å². The first-order valence-electron chi connectivity index (χ1n) is 7.35. The summed E-state index contributed by atoms with van der Waals surface area (Å²) in [7, 11) is 1.73. The zero-order valence-corrected chi connectivity index (χ0v) is 13.6. The van der Waals surface area contributed by atoms with Gasteiger partial charge in [0.2, 0.25) is 0 Å². The molecule has 1 aromatic carbocycles. The smallest absolute Gasteiger partial charge is 0.319 e. The van der Waals surface area contributed by atoms with E-state index in [1.54, 1.807) is 18.9 Å². The number of carbonyl (C=O) groups excluding carboxylic acids is 1. The van der Waals surface area contributed by atoms with Crippen LogP contribution in [0.15, 0.2) is 29.2 Å². The van der Waals surface area contributed by atoms with Crippen LogP contribution in [0.4, 0.5) is 10.5 Å². The van der Waals surface area contributed by atoms with Crippen molar-refractivity contribution >= 4 is 23.5 Å². The summed E-state index contributed by atoms with van der Waals surface area (Å²) < 4.78 is 5.17. The number of benzene rings is 1. The Morgan fingerprint density at radius 3 is 2.57 bits per heavy atom. The molecule has 0 atom stereocenters. The van der Waals surface area contributed by atoms with Crippen LogP contribution in [-0.2, 0) is 4.74 Å². The molecule has 1 saturated carbocycles. The van der Waals surface area contributed by atoms with E-state index in [1.807, 2.05) is 30.5 Å². The highest BCUT2D eigenvalue weighted by atomic mass is 32.2. The second kappa shape index (κ2) is 7.71. The van der Waals surface area contributed by atoms with Crippen molar-refractivity contribution < 1.29 is 9.53 Å². The molecule has 0 heterocycles. The van der Waals surface area contributed by atoms with Gasteiger partial charge in [0.25, 0.3) is 0 Å². The number of ether oxygens (including phenoxy) is 1. The molecule has 1 aliphatic carbocycles. The van der Waals surface area contributed by atoms with Crippen LogP contribution in [0.5, 0.6) is 0 Å². The van der Waals surface area contributed by atoms with Gasteiger partial charge in [-0.05, 0) is 55.2 Å². The van der Waals surface area contributed by atoms with Gasteiger partial charge in [0.15, 0.2) is 0 Å². The third-order valence-corrected chi connectivity index (χ3v) is 4.97. The Kier molecular flexibility index (Phi) is 5.94. The van der Waals surface area contributed by atoms with E-state index in [0.717, 1.165) is 25.3 Å². The number of thioether (sulfide) groups is 1. The van der Waals surface area contributed by atoms with Crippen LogP contribution in [0.25, 0.3) is 0 Å². The molecule has 0 aliphatic heterocycles. The molecule has 21 heavy (non-hydrogen) atoms. The van der Waals surface area contributed by atoms with Crippen molar-refractivity contribution in [2.75, 3.05) is 31.8 Å². The molecule has 1 aliphatic rings. The molecule has 0 unspecified atom stereocenters. The van der Waals surface area contributed by atoms with Crippen molar-refractivity contribution in [3.63, 3.8) is 0 Å². The number of amides is 2. The number of hydrogen-bond donors (Lipinski definition) is 2. The number of urea groups is 1. The highest BCUT2D eigenvalue weighted by molar-refractivity contribution is 7.98. The fraction of sp³-hybridized carbons (Fsp3) is 0.562. The number of methoxy groups -OCH3 is 1. The summed E-state index contributed by atoms with van der Waals surface area (Å²) in [6, 6.07) is 7.74. The molecule has 2 rings (SSSR count). The summed E-state index contributed by atoms with van der Waals surface area (Å²) in [5.74, 6) is 0. The highest BCUT2D eigenvalue weighted by Gasteiger charge is 2.36. The summed E-state index contributed by atoms with van der Waals surface area (Å²) in [6.45, 7) is 1.49. The lowest BCUT2D eigenvalue weighted by molar-refractivity contribution is 0.0717. The topological polar surface area (TPSA) is 50.4 Å². The zero-order chi connectivity index (χ0) is 15.1. The van der Waals surface area contributed by atoms with E-state index in [4.69, 9.17) is 4.74 Å². The molecular formula is C16H24N2O2S. The minimum atomic E-state index is -0.129. The molecule has 116 valence electrons. The predicted octanol–water partition coefficient (Wildman–Crippen LogP) is 3.74. The van der Waals surface area contributed by atoms with Crippen molar-refractivity contribution in [2.24, 2.45) is 5.41 Å². The van der Waals surface area contributed by atoms with Crippen LogP contribution < -0.4 is 10.6 Å². The van der Waals surface area contributed by atoms with Crippen molar-refractivity contribution in [3.8, 4) is 0 Å². The maximum absolute atomic E-state index is 12.0. The Hall–Kier alpha value is -1.20. The van der Waals surface area contributed by atoms with Gasteiger partial charge in [-0.3, -0.25) is 0 Å². The largest absolute Gasteiger partial charge is 0.385 e. The van der Waals surface area contributed by atoms with Crippen LogP contribution in [0.3, 0.4) is 0 Å². The Bertz CT molecular complexity index is 458. The predicted molar refractivity (Wildman–Crippen MR) is 88.0 cm³/mol. The van der Waals surface area contributed by atoms with Crippen molar-refractivity contribution in [3.05, 3.63) is 24.3 Å². The molecule has 0 radical (unpaired) electrons. The van der Waals surface area contributed by atoms with E-state index in [2.05, 4.69) is 10.6 Å². The molecule has 1 fully saturated rings. The maximum atomic E-state index is 12.0. The van der Waals surface area contributed by atoms with E-state index >= 15 is 0 Å². The van der Waals surface area contributed by atoms with Gasteiger partial charge in [-0.15, -0.1) is 11.8 Å². The van der Waals surface area contributed by atoms with Gasteiger partial charge < -0.3 is 15.4 Å². The van der Waals surface area contributed by atoms with Crippen LogP contribution in [0.2, 0.25) is 0 Å². The van der Waals surface area contributed by atoms with E-state index in [1.165, 1.54) is 24.2 Å².